The Bertz CT molecular complexity index is 537. The summed E-state index contributed by atoms with van der Waals surface area (Å²) in [7, 11) is 3.59. The maximum absolute atomic E-state index is 12.6. The zero-order chi connectivity index (χ0) is 19.6. The molecule has 0 unspecified atom stereocenters. The number of hydrogen-bond donors (Lipinski definition) is 1. The van der Waals surface area contributed by atoms with E-state index in [-0.39, 0.29) is 0 Å². The number of nitrogens with one attached hydrogen (secondary N) is 1. The average molecular weight is 372 g/mol. The number of guanidine groups is 1. The molecular formula is C19H31F3N4. The molecule has 148 valence electrons. The highest BCUT2D eigenvalue weighted by Crippen LogP contribution is 2.29. The fraction of sp³-hybridized carbons (Fsp3) is 0.632. The van der Waals surface area contributed by atoms with Gasteiger partial charge in [0.05, 0.1) is 5.56 Å². The molecular weight excluding hydrogens is 341 g/mol. The predicted octanol–water partition coefficient (Wildman–Crippen LogP) is 3.83. The zero-order valence-electron chi connectivity index (χ0n) is 16.2. The van der Waals surface area contributed by atoms with Gasteiger partial charge in [-0.2, -0.15) is 13.2 Å². The summed E-state index contributed by atoms with van der Waals surface area (Å²) in [5, 5.41) is 3.31. The van der Waals surface area contributed by atoms with Crippen molar-refractivity contribution in [3.63, 3.8) is 0 Å². The van der Waals surface area contributed by atoms with Gasteiger partial charge in [0.25, 0.3) is 0 Å². The van der Waals surface area contributed by atoms with Crippen LogP contribution in [-0.4, -0.2) is 56.0 Å². The monoisotopic (exact) mass is 372 g/mol. The van der Waals surface area contributed by atoms with Crippen LogP contribution in [0.25, 0.3) is 0 Å². The van der Waals surface area contributed by atoms with E-state index >= 15 is 0 Å². The van der Waals surface area contributed by atoms with Gasteiger partial charge in [0.2, 0.25) is 0 Å². The van der Waals surface area contributed by atoms with Crippen LogP contribution in [0.1, 0.15) is 37.8 Å². The highest BCUT2D eigenvalue weighted by molar-refractivity contribution is 5.79. The van der Waals surface area contributed by atoms with Crippen LogP contribution in [0.15, 0.2) is 29.3 Å². The van der Waals surface area contributed by atoms with Crippen LogP contribution in [0.4, 0.5) is 13.2 Å². The molecule has 0 saturated carbocycles. The first-order valence-corrected chi connectivity index (χ1v) is 9.12. The van der Waals surface area contributed by atoms with Crippen LogP contribution >= 0.6 is 0 Å². The molecule has 26 heavy (non-hydrogen) atoms. The van der Waals surface area contributed by atoms with Crippen molar-refractivity contribution in [3.8, 4) is 0 Å². The third-order valence-corrected chi connectivity index (χ3v) is 4.35. The molecule has 0 bridgehead atoms. The van der Waals surface area contributed by atoms with Crippen molar-refractivity contribution < 1.29 is 13.2 Å². The Hall–Kier alpha value is -1.76. The van der Waals surface area contributed by atoms with Gasteiger partial charge in [-0.15, -0.1) is 0 Å². The minimum Gasteiger partial charge on any atom is -0.356 e. The van der Waals surface area contributed by atoms with E-state index in [0.717, 1.165) is 62.7 Å². The Labute approximate surface area is 155 Å². The van der Waals surface area contributed by atoms with Gasteiger partial charge in [-0.25, -0.2) is 0 Å². The maximum Gasteiger partial charge on any atom is 0.416 e. The summed E-state index contributed by atoms with van der Waals surface area (Å²) in [6.45, 7) is 8.89. The first-order chi connectivity index (χ1) is 12.3. The number of nitrogens with zero attached hydrogens (tertiary/aromatic N) is 3. The third kappa shape index (κ3) is 7.64. The number of rotatable bonds is 9. The van der Waals surface area contributed by atoms with E-state index < -0.39 is 11.7 Å². The number of alkyl halides is 3. The third-order valence-electron chi connectivity index (χ3n) is 4.35. The molecule has 0 aliphatic heterocycles. The van der Waals surface area contributed by atoms with Crippen molar-refractivity contribution in [2.45, 2.75) is 39.4 Å². The standard InChI is InChI=1S/C19H31F3N4/c1-5-26(6-2)14-8-7-13-24-18(23-3)25(4)15-16-9-11-17(12-10-16)19(20,21)22/h9-12H,5-8,13-15H2,1-4H3,(H,23,24). The smallest absolute Gasteiger partial charge is 0.356 e. The van der Waals surface area contributed by atoms with E-state index in [1.54, 1.807) is 7.05 Å². The fourth-order valence-electron chi connectivity index (χ4n) is 2.73. The number of benzene rings is 1. The molecule has 1 rings (SSSR count). The summed E-state index contributed by atoms with van der Waals surface area (Å²) in [6, 6.07) is 5.26. The summed E-state index contributed by atoms with van der Waals surface area (Å²) in [6.07, 6.45) is -2.13. The Kier molecular flexibility index (Phi) is 9.48. The highest BCUT2D eigenvalue weighted by atomic mass is 19.4. The Balaban J connectivity index is 2.43. The van der Waals surface area contributed by atoms with Crippen molar-refractivity contribution in [2.75, 3.05) is 40.3 Å². The molecule has 0 amide bonds. The molecule has 1 aromatic rings. The van der Waals surface area contributed by atoms with Crippen LogP contribution < -0.4 is 5.32 Å². The van der Waals surface area contributed by atoms with E-state index in [2.05, 4.69) is 29.1 Å². The topological polar surface area (TPSA) is 30.9 Å². The Morgan fingerprint density at radius 2 is 1.69 bits per heavy atom. The zero-order valence-corrected chi connectivity index (χ0v) is 16.2. The summed E-state index contributed by atoms with van der Waals surface area (Å²) < 4.78 is 37.9. The molecule has 0 heterocycles. The summed E-state index contributed by atoms with van der Waals surface area (Å²) in [4.78, 5) is 8.55. The van der Waals surface area contributed by atoms with Gasteiger partial charge in [0, 0.05) is 27.2 Å². The summed E-state index contributed by atoms with van der Waals surface area (Å²) in [5.41, 5.74) is 0.185. The first-order valence-electron chi connectivity index (χ1n) is 9.12. The molecule has 1 N–H and O–H groups in total. The second kappa shape index (κ2) is 11.1. The number of aliphatic imine (C=N–C) groups is 1. The molecule has 4 nitrogen and oxygen atoms in total. The molecule has 1 aromatic carbocycles. The van der Waals surface area contributed by atoms with Gasteiger partial charge in [-0.05, 0) is 50.2 Å². The van der Waals surface area contributed by atoms with E-state index in [9.17, 15) is 13.2 Å². The van der Waals surface area contributed by atoms with Gasteiger partial charge in [-0.1, -0.05) is 26.0 Å². The van der Waals surface area contributed by atoms with Crippen LogP contribution in [0.2, 0.25) is 0 Å². The average Bonchev–Trinajstić information content (AvgIpc) is 2.61. The molecule has 7 heteroatoms. The van der Waals surface area contributed by atoms with Gasteiger partial charge >= 0.3 is 6.18 Å². The lowest BCUT2D eigenvalue weighted by Gasteiger charge is -2.23. The first kappa shape index (κ1) is 22.3. The lowest BCUT2D eigenvalue weighted by molar-refractivity contribution is -0.137. The Morgan fingerprint density at radius 1 is 1.08 bits per heavy atom. The van der Waals surface area contributed by atoms with Gasteiger partial charge in [0.1, 0.15) is 0 Å². The van der Waals surface area contributed by atoms with Crippen LogP contribution in [0.3, 0.4) is 0 Å². The van der Waals surface area contributed by atoms with Crippen LogP contribution in [-0.2, 0) is 12.7 Å². The minimum atomic E-state index is -4.30. The molecule has 0 radical (unpaired) electrons. The predicted molar refractivity (Wildman–Crippen MR) is 101 cm³/mol. The molecule has 0 saturated heterocycles. The van der Waals surface area contributed by atoms with Crippen LogP contribution in [0, 0.1) is 0 Å². The van der Waals surface area contributed by atoms with Gasteiger partial charge < -0.3 is 15.1 Å². The normalized spacial score (nSPS) is 12.5. The van der Waals surface area contributed by atoms with E-state index in [1.165, 1.54) is 12.1 Å². The minimum absolute atomic E-state index is 0.497. The van der Waals surface area contributed by atoms with Crippen molar-refractivity contribution >= 4 is 5.96 Å². The van der Waals surface area contributed by atoms with Gasteiger partial charge in [-0.3, -0.25) is 4.99 Å². The van der Waals surface area contributed by atoms with Crippen molar-refractivity contribution in [1.29, 1.82) is 0 Å². The molecule has 0 fully saturated rings. The lowest BCUT2D eigenvalue weighted by Crippen LogP contribution is -2.39. The highest BCUT2D eigenvalue weighted by Gasteiger charge is 2.29. The van der Waals surface area contributed by atoms with E-state index in [4.69, 9.17) is 0 Å². The maximum atomic E-state index is 12.6. The molecule has 0 aliphatic carbocycles. The number of hydrogen-bond acceptors (Lipinski definition) is 2. The van der Waals surface area contributed by atoms with Crippen LogP contribution in [0.5, 0.6) is 0 Å². The summed E-state index contributed by atoms with van der Waals surface area (Å²) >= 11 is 0. The largest absolute Gasteiger partial charge is 0.416 e. The Morgan fingerprint density at radius 3 is 2.19 bits per heavy atom. The SMILES string of the molecule is CCN(CC)CCCCNC(=NC)N(C)Cc1ccc(C(F)(F)F)cc1. The quantitative estimate of drug-likeness (QED) is 0.406. The van der Waals surface area contributed by atoms with Gasteiger partial charge in [0.15, 0.2) is 5.96 Å². The second-order valence-corrected chi connectivity index (χ2v) is 6.26. The number of unbranched alkanes of at least 4 members (excludes halogenated alkanes) is 1. The van der Waals surface area contributed by atoms with Crippen molar-refractivity contribution in [1.82, 2.24) is 15.1 Å². The summed E-state index contributed by atoms with van der Waals surface area (Å²) in [5.74, 6) is 0.743. The fourth-order valence-corrected chi connectivity index (χ4v) is 2.73. The van der Waals surface area contributed by atoms with E-state index in [1.807, 2.05) is 11.9 Å². The molecule has 0 aromatic heterocycles. The van der Waals surface area contributed by atoms with Crippen molar-refractivity contribution in [2.24, 2.45) is 4.99 Å². The molecule has 0 aliphatic rings. The number of halogens is 3. The van der Waals surface area contributed by atoms with Crippen molar-refractivity contribution in [3.05, 3.63) is 35.4 Å². The van der Waals surface area contributed by atoms with E-state index in [0.29, 0.717) is 6.54 Å². The second-order valence-electron chi connectivity index (χ2n) is 6.26. The molecule has 0 spiro atoms. The molecule has 0 atom stereocenters. The lowest BCUT2D eigenvalue weighted by atomic mass is 10.1.